The van der Waals surface area contributed by atoms with Gasteiger partial charge in [0.05, 0.1) is 24.6 Å². The van der Waals surface area contributed by atoms with Crippen molar-refractivity contribution in [1.29, 1.82) is 0 Å². The van der Waals surface area contributed by atoms with Crippen molar-refractivity contribution in [2.45, 2.75) is 33.3 Å². The number of methoxy groups -OCH3 is 1. The van der Waals surface area contributed by atoms with Gasteiger partial charge in [0.1, 0.15) is 5.75 Å². The predicted molar refractivity (Wildman–Crippen MR) is 95.0 cm³/mol. The largest absolute Gasteiger partial charge is 0.493 e. The zero-order chi connectivity index (χ0) is 18.2. The van der Waals surface area contributed by atoms with Crippen molar-refractivity contribution >= 4 is 5.84 Å². The highest BCUT2D eigenvalue weighted by Gasteiger charge is 2.09. The van der Waals surface area contributed by atoms with Crippen LogP contribution in [0, 0.1) is 13.8 Å². The molecule has 0 atom stereocenters. The van der Waals surface area contributed by atoms with E-state index in [2.05, 4.69) is 15.4 Å². The lowest BCUT2D eigenvalue weighted by Crippen LogP contribution is -2.14. The highest BCUT2D eigenvalue weighted by atomic mass is 16.5. The van der Waals surface area contributed by atoms with E-state index in [1.807, 2.05) is 38.1 Å². The standard InChI is InChI=1S/C18H24N4O3/c1-12-9-14(18(19)22-23)10-13(2)17(12)25-8-4-5-15-6-7-16(11-24-3)21-20-15/h6-7,9-10,23H,4-5,8,11H2,1-3H3,(H2,19,22). The van der Waals surface area contributed by atoms with Gasteiger partial charge >= 0.3 is 0 Å². The van der Waals surface area contributed by atoms with Gasteiger partial charge in [-0.05, 0) is 62.1 Å². The van der Waals surface area contributed by atoms with E-state index in [1.165, 1.54) is 0 Å². The summed E-state index contributed by atoms with van der Waals surface area (Å²) in [5, 5.41) is 20.1. The van der Waals surface area contributed by atoms with E-state index in [9.17, 15) is 0 Å². The van der Waals surface area contributed by atoms with Gasteiger partial charge in [-0.25, -0.2) is 0 Å². The molecule has 0 aliphatic heterocycles. The average molecular weight is 344 g/mol. The quantitative estimate of drug-likeness (QED) is 0.250. The molecule has 0 aliphatic carbocycles. The maximum Gasteiger partial charge on any atom is 0.170 e. The first-order valence-corrected chi connectivity index (χ1v) is 8.07. The maximum atomic E-state index is 8.78. The van der Waals surface area contributed by atoms with Gasteiger partial charge in [0, 0.05) is 12.7 Å². The van der Waals surface area contributed by atoms with E-state index in [1.54, 1.807) is 7.11 Å². The van der Waals surface area contributed by atoms with Crippen LogP contribution < -0.4 is 10.5 Å². The lowest BCUT2D eigenvalue weighted by Gasteiger charge is -2.13. The zero-order valence-corrected chi connectivity index (χ0v) is 14.8. The molecule has 25 heavy (non-hydrogen) atoms. The highest BCUT2D eigenvalue weighted by Crippen LogP contribution is 2.25. The smallest absolute Gasteiger partial charge is 0.170 e. The van der Waals surface area contributed by atoms with Crippen molar-refractivity contribution in [3.05, 3.63) is 52.3 Å². The second-order valence-electron chi connectivity index (χ2n) is 5.83. The molecule has 1 aromatic heterocycles. The third-order valence-electron chi connectivity index (χ3n) is 3.75. The van der Waals surface area contributed by atoms with Crippen LogP contribution in [0.15, 0.2) is 29.4 Å². The second kappa shape index (κ2) is 8.98. The molecule has 0 saturated heterocycles. The van der Waals surface area contributed by atoms with Crippen LogP contribution >= 0.6 is 0 Å². The summed E-state index contributed by atoms with van der Waals surface area (Å²) in [7, 11) is 1.63. The molecule has 7 heteroatoms. The Labute approximate surface area is 147 Å². The number of oxime groups is 1. The molecule has 0 aliphatic rings. The number of hydrogen-bond donors (Lipinski definition) is 2. The number of aryl methyl sites for hydroxylation is 3. The SMILES string of the molecule is COCc1ccc(CCCOc2c(C)cc(C(N)=NO)cc2C)nn1. The molecule has 0 saturated carbocycles. The maximum absolute atomic E-state index is 8.78. The monoisotopic (exact) mass is 344 g/mol. The number of nitrogens with zero attached hydrogens (tertiary/aromatic N) is 3. The normalized spacial score (nSPS) is 11.6. The van der Waals surface area contributed by atoms with Gasteiger partial charge in [-0.2, -0.15) is 10.2 Å². The Morgan fingerprint density at radius 3 is 2.36 bits per heavy atom. The Morgan fingerprint density at radius 2 is 1.80 bits per heavy atom. The van der Waals surface area contributed by atoms with E-state index in [0.29, 0.717) is 18.8 Å². The van der Waals surface area contributed by atoms with Crippen LogP contribution in [0.25, 0.3) is 0 Å². The van der Waals surface area contributed by atoms with Gasteiger partial charge in [-0.1, -0.05) is 5.16 Å². The summed E-state index contributed by atoms with van der Waals surface area (Å²) in [6, 6.07) is 7.57. The molecule has 0 bridgehead atoms. The van der Waals surface area contributed by atoms with Crippen LogP contribution in [0.1, 0.15) is 34.5 Å². The Hall–Kier alpha value is -2.67. The zero-order valence-electron chi connectivity index (χ0n) is 14.8. The number of rotatable bonds is 8. The Kier molecular flexibility index (Phi) is 6.71. The van der Waals surface area contributed by atoms with Gasteiger partial charge in [0.15, 0.2) is 5.84 Å². The van der Waals surface area contributed by atoms with E-state index >= 15 is 0 Å². The van der Waals surface area contributed by atoms with E-state index in [0.717, 1.165) is 41.1 Å². The van der Waals surface area contributed by atoms with Crippen LogP contribution in [0.2, 0.25) is 0 Å². The summed E-state index contributed by atoms with van der Waals surface area (Å²) in [5.41, 5.74) is 9.96. The minimum atomic E-state index is 0.0910. The van der Waals surface area contributed by atoms with Crippen molar-refractivity contribution in [2.75, 3.05) is 13.7 Å². The number of amidine groups is 1. The van der Waals surface area contributed by atoms with Crippen LogP contribution in [0.4, 0.5) is 0 Å². The fourth-order valence-electron chi connectivity index (χ4n) is 2.56. The van der Waals surface area contributed by atoms with Crippen LogP contribution in [0.3, 0.4) is 0 Å². The number of aromatic nitrogens is 2. The fraction of sp³-hybridized carbons (Fsp3) is 0.389. The number of nitrogens with two attached hydrogens (primary N) is 1. The van der Waals surface area contributed by atoms with Crippen LogP contribution in [-0.4, -0.2) is 35.0 Å². The highest BCUT2D eigenvalue weighted by molar-refractivity contribution is 5.97. The summed E-state index contributed by atoms with van der Waals surface area (Å²) in [6.07, 6.45) is 1.62. The first-order valence-electron chi connectivity index (χ1n) is 8.07. The minimum absolute atomic E-state index is 0.0910. The fourth-order valence-corrected chi connectivity index (χ4v) is 2.56. The lowest BCUT2D eigenvalue weighted by atomic mass is 10.1. The van der Waals surface area contributed by atoms with Gasteiger partial charge in [0.25, 0.3) is 0 Å². The van der Waals surface area contributed by atoms with Gasteiger partial charge in [-0.15, -0.1) is 0 Å². The minimum Gasteiger partial charge on any atom is -0.493 e. The molecule has 134 valence electrons. The predicted octanol–water partition coefficient (Wildman–Crippen LogP) is 2.35. The summed E-state index contributed by atoms with van der Waals surface area (Å²) in [5.74, 6) is 0.921. The molecular formula is C18H24N4O3. The molecular weight excluding hydrogens is 320 g/mol. The first-order chi connectivity index (χ1) is 12.0. The number of ether oxygens (including phenoxy) is 2. The molecule has 3 N–H and O–H groups in total. The summed E-state index contributed by atoms with van der Waals surface area (Å²) in [4.78, 5) is 0. The second-order valence-corrected chi connectivity index (χ2v) is 5.83. The molecule has 1 aromatic carbocycles. The summed E-state index contributed by atoms with van der Waals surface area (Å²) in [6.45, 7) is 4.93. The van der Waals surface area contributed by atoms with E-state index < -0.39 is 0 Å². The summed E-state index contributed by atoms with van der Waals surface area (Å²) >= 11 is 0. The van der Waals surface area contributed by atoms with E-state index in [4.69, 9.17) is 20.4 Å². The van der Waals surface area contributed by atoms with Crippen molar-refractivity contribution in [2.24, 2.45) is 10.9 Å². The Morgan fingerprint density at radius 1 is 1.16 bits per heavy atom. The molecule has 2 aromatic rings. The topological polar surface area (TPSA) is 103 Å². The Bertz CT molecular complexity index is 707. The molecule has 0 radical (unpaired) electrons. The third kappa shape index (κ3) is 5.15. The molecule has 0 spiro atoms. The third-order valence-corrected chi connectivity index (χ3v) is 3.75. The van der Waals surface area contributed by atoms with Gasteiger partial charge < -0.3 is 20.4 Å². The molecule has 0 fully saturated rings. The van der Waals surface area contributed by atoms with Crippen molar-refractivity contribution in [3.8, 4) is 5.75 Å². The number of hydrogen-bond acceptors (Lipinski definition) is 6. The van der Waals surface area contributed by atoms with Gasteiger partial charge in [-0.3, -0.25) is 0 Å². The van der Waals surface area contributed by atoms with Crippen LogP contribution in [-0.2, 0) is 17.8 Å². The van der Waals surface area contributed by atoms with Crippen molar-refractivity contribution in [1.82, 2.24) is 10.2 Å². The van der Waals surface area contributed by atoms with Crippen molar-refractivity contribution < 1.29 is 14.7 Å². The summed E-state index contributed by atoms with van der Waals surface area (Å²) < 4.78 is 10.9. The molecule has 7 nitrogen and oxygen atoms in total. The van der Waals surface area contributed by atoms with Crippen LogP contribution in [0.5, 0.6) is 5.75 Å². The lowest BCUT2D eigenvalue weighted by molar-refractivity contribution is 0.180. The number of benzene rings is 1. The molecule has 2 rings (SSSR count). The van der Waals surface area contributed by atoms with Gasteiger partial charge in [0.2, 0.25) is 0 Å². The molecule has 0 amide bonds. The van der Waals surface area contributed by atoms with E-state index in [-0.39, 0.29) is 5.84 Å². The first kappa shape index (κ1) is 18.7. The van der Waals surface area contributed by atoms with Crippen molar-refractivity contribution in [3.63, 3.8) is 0 Å². The Balaban J connectivity index is 1.89. The molecule has 0 unspecified atom stereocenters. The molecule has 1 heterocycles. The average Bonchev–Trinajstić information content (AvgIpc) is 2.61.